The van der Waals surface area contributed by atoms with Gasteiger partial charge in [-0.05, 0) is 31.4 Å². The molecule has 0 spiro atoms. The van der Waals surface area contributed by atoms with Crippen LogP contribution in [0.3, 0.4) is 0 Å². The number of hydrogen-bond acceptors (Lipinski definition) is 6. The van der Waals surface area contributed by atoms with Crippen molar-refractivity contribution in [3.63, 3.8) is 0 Å². The Kier molecular flexibility index (Phi) is 3.66. The molecule has 96 valence electrons. The molecule has 0 unspecified atom stereocenters. The van der Waals surface area contributed by atoms with Crippen molar-refractivity contribution < 1.29 is 4.52 Å². The van der Waals surface area contributed by atoms with Crippen LogP contribution in [0.4, 0.5) is 0 Å². The number of aromatic nitrogens is 4. The predicted octanol–water partition coefficient (Wildman–Crippen LogP) is 1.88. The predicted molar refractivity (Wildman–Crippen MR) is 66.4 cm³/mol. The van der Waals surface area contributed by atoms with E-state index in [-0.39, 0.29) is 6.04 Å². The molecule has 1 atom stereocenters. The zero-order chi connectivity index (χ0) is 13.1. The minimum atomic E-state index is -0.232. The van der Waals surface area contributed by atoms with Crippen molar-refractivity contribution in [2.24, 2.45) is 11.7 Å². The molecule has 2 heterocycles. The first-order valence-corrected chi connectivity index (χ1v) is 5.96. The van der Waals surface area contributed by atoms with E-state index in [4.69, 9.17) is 10.3 Å². The molecule has 0 fully saturated rings. The fourth-order valence-corrected chi connectivity index (χ4v) is 1.62. The lowest BCUT2D eigenvalue weighted by molar-refractivity contribution is 0.335. The summed E-state index contributed by atoms with van der Waals surface area (Å²) in [4.78, 5) is 4.26. The smallest absolute Gasteiger partial charge is 0.243 e. The van der Waals surface area contributed by atoms with Gasteiger partial charge in [0.1, 0.15) is 5.69 Å². The van der Waals surface area contributed by atoms with Gasteiger partial charge in [0, 0.05) is 0 Å². The molecular weight excluding hydrogens is 230 g/mol. The Morgan fingerprint density at radius 2 is 2.06 bits per heavy atom. The standard InChI is InChI=1S/C12H17N5O/c1-7(2)6-9(13)12-14-11(17-18-12)10-5-4-8(3)15-16-10/h4-5,7,9H,6,13H2,1-3H3/t9-/m1/s1. The minimum absolute atomic E-state index is 0.232. The van der Waals surface area contributed by atoms with Gasteiger partial charge >= 0.3 is 0 Å². The SMILES string of the molecule is Cc1ccc(-c2noc([C@H](N)CC(C)C)n2)nn1. The summed E-state index contributed by atoms with van der Waals surface area (Å²) in [5.74, 6) is 1.35. The Labute approximate surface area is 106 Å². The van der Waals surface area contributed by atoms with Crippen LogP contribution in [0.1, 0.15) is 37.9 Å². The van der Waals surface area contributed by atoms with Crippen LogP contribution in [0.5, 0.6) is 0 Å². The van der Waals surface area contributed by atoms with E-state index in [0.717, 1.165) is 12.1 Å². The molecule has 2 N–H and O–H groups in total. The Balaban J connectivity index is 2.17. The van der Waals surface area contributed by atoms with Crippen molar-refractivity contribution in [2.45, 2.75) is 33.2 Å². The van der Waals surface area contributed by atoms with Gasteiger partial charge < -0.3 is 10.3 Å². The molecule has 2 rings (SSSR count). The third-order valence-corrected chi connectivity index (χ3v) is 2.51. The van der Waals surface area contributed by atoms with Gasteiger partial charge in [0.15, 0.2) is 0 Å². The van der Waals surface area contributed by atoms with Gasteiger partial charge in [-0.1, -0.05) is 19.0 Å². The van der Waals surface area contributed by atoms with E-state index in [1.54, 1.807) is 0 Å². The normalized spacial score (nSPS) is 12.9. The number of aryl methyl sites for hydroxylation is 1. The van der Waals surface area contributed by atoms with Gasteiger partial charge in [-0.15, -0.1) is 5.10 Å². The lowest BCUT2D eigenvalue weighted by Crippen LogP contribution is -2.13. The summed E-state index contributed by atoms with van der Waals surface area (Å²) in [6.45, 7) is 6.07. The van der Waals surface area contributed by atoms with Crippen molar-refractivity contribution in [3.8, 4) is 11.5 Å². The zero-order valence-corrected chi connectivity index (χ0v) is 10.8. The topological polar surface area (TPSA) is 90.7 Å². The highest BCUT2D eigenvalue weighted by molar-refractivity contribution is 5.46. The first-order valence-electron chi connectivity index (χ1n) is 5.96. The van der Waals surface area contributed by atoms with Gasteiger partial charge in [0.25, 0.3) is 0 Å². The third-order valence-electron chi connectivity index (χ3n) is 2.51. The number of nitrogens with two attached hydrogens (primary N) is 1. The molecule has 0 saturated heterocycles. The van der Waals surface area contributed by atoms with E-state index >= 15 is 0 Å². The fraction of sp³-hybridized carbons (Fsp3) is 0.500. The number of rotatable bonds is 4. The summed E-state index contributed by atoms with van der Waals surface area (Å²) in [7, 11) is 0. The largest absolute Gasteiger partial charge is 0.337 e. The highest BCUT2D eigenvalue weighted by Gasteiger charge is 2.17. The van der Waals surface area contributed by atoms with E-state index in [1.165, 1.54) is 0 Å². The molecule has 0 aliphatic carbocycles. The second-order valence-corrected chi connectivity index (χ2v) is 4.75. The highest BCUT2D eigenvalue weighted by Crippen LogP contribution is 2.19. The van der Waals surface area contributed by atoms with Gasteiger partial charge in [-0.25, -0.2) is 0 Å². The molecule has 0 aliphatic rings. The van der Waals surface area contributed by atoms with Gasteiger partial charge in [-0.2, -0.15) is 10.1 Å². The summed E-state index contributed by atoms with van der Waals surface area (Å²) in [6.07, 6.45) is 0.807. The van der Waals surface area contributed by atoms with Crippen LogP contribution in [-0.4, -0.2) is 20.3 Å². The lowest BCUT2D eigenvalue weighted by atomic mass is 10.0. The zero-order valence-electron chi connectivity index (χ0n) is 10.8. The Hall–Kier alpha value is -1.82. The summed E-state index contributed by atoms with van der Waals surface area (Å²) < 4.78 is 5.16. The molecule has 0 saturated carbocycles. The Morgan fingerprint density at radius 1 is 1.28 bits per heavy atom. The van der Waals surface area contributed by atoms with Gasteiger partial charge in [0.05, 0.1) is 11.7 Å². The highest BCUT2D eigenvalue weighted by atomic mass is 16.5. The molecule has 0 radical (unpaired) electrons. The van der Waals surface area contributed by atoms with Crippen LogP contribution < -0.4 is 5.73 Å². The van der Waals surface area contributed by atoms with Crippen LogP contribution in [0.25, 0.3) is 11.5 Å². The van der Waals surface area contributed by atoms with Crippen LogP contribution in [0.2, 0.25) is 0 Å². The monoisotopic (exact) mass is 247 g/mol. The molecule has 6 nitrogen and oxygen atoms in total. The van der Waals surface area contributed by atoms with Crippen LogP contribution in [-0.2, 0) is 0 Å². The average Bonchev–Trinajstić information content (AvgIpc) is 2.78. The van der Waals surface area contributed by atoms with E-state index in [9.17, 15) is 0 Å². The van der Waals surface area contributed by atoms with Crippen molar-refractivity contribution in [1.82, 2.24) is 20.3 Å². The summed E-state index contributed by atoms with van der Waals surface area (Å²) in [5.41, 5.74) is 7.42. The van der Waals surface area contributed by atoms with E-state index < -0.39 is 0 Å². The maximum atomic E-state index is 5.98. The fourth-order valence-electron chi connectivity index (χ4n) is 1.62. The molecule has 0 amide bonds. The summed E-state index contributed by atoms with van der Waals surface area (Å²) in [5, 5.41) is 11.8. The molecule has 18 heavy (non-hydrogen) atoms. The lowest BCUT2D eigenvalue weighted by Gasteiger charge is -2.08. The second-order valence-electron chi connectivity index (χ2n) is 4.75. The van der Waals surface area contributed by atoms with Gasteiger partial charge in [-0.3, -0.25) is 0 Å². The summed E-state index contributed by atoms with van der Waals surface area (Å²) in [6, 6.07) is 3.43. The second kappa shape index (κ2) is 5.22. The van der Waals surface area contributed by atoms with Crippen molar-refractivity contribution in [2.75, 3.05) is 0 Å². The first kappa shape index (κ1) is 12.6. The summed E-state index contributed by atoms with van der Waals surface area (Å²) >= 11 is 0. The quantitative estimate of drug-likeness (QED) is 0.887. The molecule has 0 bridgehead atoms. The molecule has 6 heteroatoms. The van der Waals surface area contributed by atoms with Crippen molar-refractivity contribution in [1.29, 1.82) is 0 Å². The first-order chi connectivity index (χ1) is 8.56. The maximum absolute atomic E-state index is 5.98. The van der Waals surface area contributed by atoms with Gasteiger partial charge in [0.2, 0.25) is 11.7 Å². The van der Waals surface area contributed by atoms with Crippen LogP contribution >= 0.6 is 0 Å². The third kappa shape index (κ3) is 2.89. The molecule has 0 aliphatic heterocycles. The maximum Gasteiger partial charge on any atom is 0.243 e. The minimum Gasteiger partial charge on any atom is -0.337 e. The van der Waals surface area contributed by atoms with E-state index in [1.807, 2.05) is 19.1 Å². The van der Waals surface area contributed by atoms with Crippen LogP contribution in [0, 0.1) is 12.8 Å². The van der Waals surface area contributed by atoms with E-state index in [2.05, 4.69) is 34.2 Å². The Morgan fingerprint density at radius 3 is 2.67 bits per heavy atom. The van der Waals surface area contributed by atoms with Crippen molar-refractivity contribution in [3.05, 3.63) is 23.7 Å². The number of hydrogen-bond donors (Lipinski definition) is 1. The molecule has 0 aromatic carbocycles. The molecular formula is C12H17N5O. The van der Waals surface area contributed by atoms with E-state index in [0.29, 0.717) is 23.3 Å². The number of nitrogens with zero attached hydrogens (tertiary/aromatic N) is 4. The Bertz CT molecular complexity index is 505. The molecule has 2 aromatic heterocycles. The average molecular weight is 247 g/mol. The van der Waals surface area contributed by atoms with Crippen LogP contribution in [0.15, 0.2) is 16.7 Å². The molecule has 2 aromatic rings. The van der Waals surface area contributed by atoms with Crippen molar-refractivity contribution >= 4 is 0 Å².